The molecular formula is C20H44N2O4S. The number of carbonyl (C=O) groups excluding carboxylic acids is 1. The van der Waals surface area contributed by atoms with Crippen LogP contribution >= 0.6 is 12.0 Å². The lowest BCUT2D eigenvalue weighted by molar-refractivity contribution is -0.141. The minimum atomic E-state index is -0.782. The molecule has 0 bridgehead atoms. The molecule has 0 aromatic rings. The molecule has 0 fully saturated rings. The molecule has 0 radical (unpaired) electrons. The molecule has 7 heteroatoms. The Balaban J connectivity index is -0.000000372. The van der Waals surface area contributed by atoms with Crippen LogP contribution in [-0.2, 0) is 9.59 Å². The van der Waals surface area contributed by atoms with Gasteiger partial charge in [-0.15, -0.1) is 0 Å². The van der Waals surface area contributed by atoms with Crippen molar-refractivity contribution in [2.45, 2.75) is 97.4 Å². The molecule has 0 aliphatic rings. The predicted octanol–water partition coefficient (Wildman–Crippen LogP) is 5.02. The van der Waals surface area contributed by atoms with Crippen molar-refractivity contribution >= 4 is 23.9 Å². The molecule has 0 rings (SSSR count). The molecule has 1 unspecified atom stereocenters. The maximum Gasteiger partial charge on any atom is 0.320 e. The Morgan fingerprint density at radius 3 is 1.59 bits per heavy atom. The van der Waals surface area contributed by atoms with E-state index in [0.29, 0.717) is 6.42 Å². The summed E-state index contributed by atoms with van der Waals surface area (Å²) >= 11 is 0.902. The Morgan fingerprint density at radius 2 is 1.37 bits per heavy atom. The molecule has 0 heterocycles. The Morgan fingerprint density at radius 1 is 0.926 bits per heavy atom. The first kappa shape index (κ1) is 30.9. The third-order valence-electron chi connectivity index (χ3n) is 3.95. The third kappa shape index (κ3) is 33.2. The molecule has 0 saturated heterocycles. The van der Waals surface area contributed by atoms with E-state index in [9.17, 15) is 9.59 Å². The van der Waals surface area contributed by atoms with Crippen LogP contribution < -0.4 is 5.73 Å². The monoisotopic (exact) mass is 408 g/mol. The van der Waals surface area contributed by atoms with Gasteiger partial charge in [0.05, 0.1) is 0 Å². The van der Waals surface area contributed by atoms with Gasteiger partial charge in [-0.05, 0) is 45.9 Å². The summed E-state index contributed by atoms with van der Waals surface area (Å²) in [6.07, 6.45) is 13.2. The maximum atomic E-state index is 10.4. The number of hydrogen-bond acceptors (Lipinski definition) is 5. The lowest BCUT2D eigenvalue weighted by Crippen LogP contribution is -2.32. The van der Waals surface area contributed by atoms with E-state index >= 15 is 0 Å². The number of carboxylic acid groups (broad SMARTS) is 1. The van der Waals surface area contributed by atoms with E-state index in [4.69, 9.17) is 15.4 Å². The van der Waals surface area contributed by atoms with E-state index in [0.717, 1.165) is 37.1 Å². The van der Waals surface area contributed by atoms with Gasteiger partial charge in [0.1, 0.15) is 6.04 Å². The lowest BCUT2D eigenvalue weighted by Gasteiger charge is -2.13. The highest BCUT2D eigenvalue weighted by atomic mass is 32.2. The highest BCUT2D eigenvalue weighted by molar-refractivity contribution is 7.93. The van der Waals surface area contributed by atoms with Crippen LogP contribution in [0, 0.1) is 0 Å². The van der Waals surface area contributed by atoms with E-state index in [2.05, 4.69) is 6.92 Å². The standard InChI is InChI=1S/C12H25NO.C5H11NO2.C3H8OS/c1-2-3-4-5-6-7-8-9-10-11-12(13)14;1-4(5(7)8)6(2)3;1-2-3-5-4/h2-11H2,1H3,(H2,13,14);4H,1-3H3,(H,7,8);4H,2-3H2,1H3. The van der Waals surface area contributed by atoms with E-state index in [1.807, 2.05) is 6.92 Å². The molecule has 4 N–H and O–H groups in total. The molecule has 0 aliphatic carbocycles. The first-order valence-electron chi connectivity index (χ1n) is 10.2. The van der Waals surface area contributed by atoms with Crippen molar-refractivity contribution in [2.75, 3.05) is 19.8 Å². The van der Waals surface area contributed by atoms with Gasteiger partial charge in [-0.2, -0.15) is 0 Å². The third-order valence-corrected chi connectivity index (χ3v) is 4.54. The van der Waals surface area contributed by atoms with E-state index < -0.39 is 5.97 Å². The van der Waals surface area contributed by atoms with Crippen molar-refractivity contribution in [3.05, 3.63) is 0 Å². The largest absolute Gasteiger partial charge is 0.480 e. The van der Waals surface area contributed by atoms with Crippen molar-refractivity contribution in [1.82, 2.24) is 4.90 Å². The van der Waals surface area contributed by atoms with Gasteiger partial charge in [0.15, 0.2) is 0 Å². The van der Waals surface area contributed by atoms with Crippen molar-refractivity contribution in [2.24, 2.45) is 5.73 Å². The summed E-state index contributed by atoms with van der Waals surface area (Å²) < 4.78 is 7.98. The minimum absolute atomic E-state index is 0.159. The molecule has 1 amide bonds. The highest BCUT2D eigenvalue weighted by Gasteiger charge is 2.11. The SMILES string of the molecule is CC(C(=O)O)N(C)C.CCCCCCCCCCCC(N)=O.CCCSO. The summed E-state index contributed by atoms with van der Waals surface area (Å²) in [5, 5.41) is 8.31. The minimum Gasteiger partial charge on any atom is -0.480 e. The number of carboxylic acids is 1. The van der Waals surface area contributed by atoms with Gasteiger partial charge < -0.3 is 15.4 Å². The number of amides is 1. The smallest absolute Gasteiger partial charge is 0.320 e. The van der Waals surface area contributed by atoms with Gasteiger partial charge in [0, 0.05) is 12.2 Å². The normalized spacial score (nSPS) is 11.1. The van der Waals surface area contributed by atoms with Crippen molar-refractivity contribution in [3.8, 4) is 0 Å². The van der Waals surface area contributed by atoms with Crippen LogP contribution in [-0.4, -0.2) is 52.3 Å². The van der Waals surface area contributed by atoms with Crippen molar-refractivity contribution in [1.29, 1.82) is 0 Å². The van der Waals surface area contributed by atoms with Crippen LogP contribution in [0.1, 0.15) is 91.4 Å². The number of aliphatic carboxylic acids is 1. The average molecular weight is 409 g/mol. The fourth-order valence-corrected chi connectivity index (χ4v) is 2.10. The van der Waals surface area contributed by atoms with Gasteiger partial charge in [0.25, 0.3) is 0 Å². The Kier molecular flexibility index (Phi) is 28.9. The second kappa shape index (κ2) is 25.2. The molecule has 0 spiro atoms. The molecule has 0 aromatic heterocycles. The summed E-state index contributed by atoms with van der Waals surface area (Å²) in [7, 11) is 3.47. The number of primary amides is 1. The molecule has 0 aliphatic heterocycles. The van der Waals surface area contributed by atoms with Crippen LogP contribution in [0.3, 0.4) is 0 Å². The fraction of sp³-hybridized carbons (Fsp3) is 0.900. The molecule has 27 heavy (non-hydrogen) atoms. The number of nitrogens with two attached hydrogens (primary N) is 1. The predicted molar refractivity (Wildman–Crippen MR) is 117 cm³/mol. The van der Waals surface area contributed by atoms with Crippen LogP contribution in [0.4, 0.5) is 0 Å². The van der Waals surface area contributed by atoms with Crippen LogP contribution in [0.15, 0.2) is 0 Å². The highest BCUT2D eigenvalue weighted by Crippen LogP contribution is 2.10. The second-order valence-electron chi connectivity index (χ2n) is 6.86. The van der Waals surface area contributed by atoms with Gasteiger partial charge in [-0.1, -0.05) is 65.2 Å². The fourth-order valence-electron chi connectivity index (χ4n) is 1.92. The first-order valence-corrected chi connectivity index (χ1v) is 11.1. The Hall–Kier alpha value is -0.790. The lowest BCUT2D eigenvalue weighted by atomic mass is 10.1. The summed E-state index contributed by atoms with van der Waals surface area (Å²) in [6, 6.07) is -0.380. The van der Waals surface area contributed by atoms with E-state index in [1.54, 1.807) is 25.9 Å². The number of hydrogen-bond donors (Lipinski definition) is 3. The van der Waals surface area contributed by atoms with Crippen molar-refractivity contribution < 1.29 is 19.2 Å². The molecular weight excluding hydrogens is 364 g/mol. The zero-order valence-corrected chi connectivity index (χ0v) is 19.0. The van der Waals surface area contributed by atoms with Gasteiger partial charge in [-0.25, -0.2) is 0 Å². The Bertz CT molecular complexity index is 327. The van der Waals surface area contributed by atoms with Crippen LogP contribution in [0.2, 0.25) is 0 Å². The summed E-state index contributed by atoms with van der Waals surface area (Å²) in [5.74, 6) is -0.0806. The zero-order chi connectivity index (χ0) is 21.5. The molecule has 164 valence electrons. The van der Waals surface area contributed by atoms with Gasteiger partial charge >= 0.3 is 5.97 Å². The summed E-state index contributed by atoms with van der Waals surface area (Å²) in [6.45, 7) is 5.91. The molecule has 6 nitrogen and oxygen atoms in total. The molecule has 1 atom stereocenters. The summed E-state index contributed by atoms with van der Waals surface area (Å²) in [4.78, 5) is 22.2. The Labute approximate surface area is 171 Å². The van der Waals surface area contributed by atoms with Crippen LogP contribution in [0.5, 0.6) is 0 Å². The summed E-state index contributed by atoms with van der Waals surface area (Å²) in [5.41, 5.74) is 5.05. The number of nitrogens with zero attached hydrogens (tertiary/aromatic N) is 1. The average Bonchev–Trinajstić information content (AvgIpc) is 2.61. The van der Waals surface area contributed by atoms with Gasteiger partial charge in [-0.3, -0.25) is 14.5 Å². The number of rotatable bonds is 14. The van der Waals surface area contributed by atoms with E-state index in [-0.39, 0.29) is 11.9 Å². The molecule has 0 aromatic carbocycles. The number of likely N-dealkylation sites (N-methyl/N-ethyl adjacent to an activating group) is 1. The topological polar surface area (TPSA) is 104 Å². The van der Waals surface area contributed by atoms with Gasteiger partial charge in [0.2, 0.25) is 5.91 Å². The zero-order valence-electron chi connectivity index (χ0n) is 18.2. The number of carbonyl (C=O) groups is 2. The number of unbranched alkanes of at least 4 members (excludes halogenated alkanes) is 8. The quantitative estimate of drug-likeness (QED) is 0.275. The molecule has 0 saturated carbocycles. The first-order chi connectivity index (χ1) is 12.7. The van der Waals surface area contributed by atoms with Crippen LogP contribution in [0.25, 0.3) is 0 Å². The second-order valence-corrected chi connectivity index (χ2v) is 7.52. The van der Waals surface area contributed by atoms with Crippen molar-refractivity contribution in [3.63, 3.8) is 0 Å². The maximum absolute atomic E-state index is 10.4. The van der Waals surface area contributed by atoms with E-state index in [1.165, 1.54) is 44.9 Å².